The third-order valence-electron chi connectivity index (χ3n) is 5.81. The van der Waals surface area contributed by atoms with Crippen LogP contribution in [0.15, 0.2) is 64.7 Å². The van der Waals surface area contributed by atoms with Crippen molar-refractivity contribution < 1.29 is 18.3 Å². The van der Waals surface area contributed by atoms with E-state index in [2.05, 4.69) is 10.8 Å². The van der Waals surface area contributed by atoms with E-state index in [1.54, 1.807) is 24.1 Å². The van der Waals surface area contributed by atoms with Gasteiger partial charge >= 0.3 is 5.97 Å². The summed E-state index contributed by atoms with van der Waals surface area (Å²) in [5, 5.41) is 28.4. The summed E-state index contributed by atoms with van der Waals surface area (Å²) in [6, 6.07) is 16.3. The van der Waals surface area contributed by atoms with Crippen LogP contribution in [-0.4, -0.2) is 44.0 Å². The molecule has 0 aliphatic carbocycles. The molecule has 1 aliphatic rings. The van der Waals surface area contributed by atoms with Gasteiger partial charge in [0.15, 0.2) is 0 Å². The molecule has 0 saturated heterocycles. The summed E-state index contributed by atoms with van der Waals surface area (Å²) in [6.45, 7) is 2.05. The Morgan fingerprint density at radius 3 is 2.42 bits per heavy atom. The highest BCUT2D eigenvalue weighted by Gasteiger charge is 2.43. The Labute approximate surface area is 193 Å². The lowest BCUT2D eigenvalue weighted by atomic mass is 9.86. The topological polar surface area (TPSA) is 134 Å². The Kier molecular flexibility index (Phi) is 7.17. The largest absolute Gasteiger partial charge is 0.480 e. The van der Waals surface area contributed by atoms with Crippen molar-refractivity contribution in [1.29, 1.82) is 10.5 Å². The van der Waals surface area contributed by atoms with Gasteiger partial charge in [0.05, 0.1) is 34.1 Å². The molecule has 170 valence electrons. The summed E-state index contributed by atoms with van der Waals surface area (Å²) in [5.41, 5.74) is 3.06. The molecule has 0 fully saturated rings. The molecule has 0 radical (unpaired) electrons. The van der Waals surface area contributed by atoms with Gasteiger partial charge in [-0.25, -0.2) is 17.9 Å². The Balaban J connectivity index is 1.73. The van der Waals surface area contributed by atoms with Crippen molar-refractivity contribution in [2.24, 2.45) is 0 Å². The fraction of sp³-hybridized carbons (Fsp3) is 0.292. The molecule has 2 aromatic carbocycles. The van der Waals surface area contributed by atoms with E-state index in [1.165, 1.54) is 24.3 Å². The maximum atomic E-state index is 12.5. The first-order valence-electron chi connectivity index (χ1n) is 10.4. The SMILES string of the molecule is CCC1=C(C#N)C(c2ccc(CCNS(=O)(=O)c3cccc(C#N)c3)cc2)C(C(=O)O)N1C. The van der Waals surface area contributed by atoms with Crippen LogP contribution in [-0.2, 0) is 21.2 Å². The monoisotopic (exact) mass is 464 g/mol. The lowest BCUT2D eigenvalue weighted by Gasteiger charge is -2.25. The first-order valence-corrected chi connectivity index (χ1v) is 11.9. The van der Waals surface area contributed by atoms with Gasteiger partial charge in [0.25, 0.3) is 0 Å². The summed E-state index contributed by atoms with van der Waals surface area (Å²) in [5.74, 6) is -1.55. The number of likely N-dealkylation sites (N-methyl/N-ethyl adjacent to an activating group) is 1. The quantitative estimate of drug-likeness (QED) is 0.613. The van der Waals surface area contributed by atoms with Gasteiger partial charge in [0.1, 0.15) is 6.04 Å². The maximum absolute atomic E-state index is 12.5. The van der Waals surface area contributed by atoms with Crippen LogP contribution in [0.1, 0.15) is 36.0 Å². The van der Waals surface area contributed by atoms with Crippen molar-refractivity contribution in [2.45, 2.75) is 36.6 Å². The number of allylic oxidation sites excluding steroid dienone is 1. The summed E-state index contributed by atoms with van der Waals surface area (Å²) in [6.07, 6.45) is 0.987. The van der Waals surface area contributed by atoms with E-state index in [-0.39, 0.29) is 17.0 Å². The number of rotatable bonds is 8. The maximum Gasteiger partial charge on any atom is 0.327 e. The van der Waals surface area contributed by atoms with Crippen molar-refractivity contribution >= 4 is 16.0 Å². The third-order valence-corrected chi connectivity index (χ3v) is 7.27. The average molecular weight is 465 g/mol. The summed E-state index contributed by atoms with van der Waals surface area (Å²) in [7, 11) is -2.04. The van der Waals surface area contributed by atoms with Crippen LogP contribution >= 0.6 is 0 Å². The first-order chi connectivity index (χ1) is 15.7. The molecule has 9 heteroatoms. The van der Waals surface area contributed by atoms with Crippen LogP contribution in [0.25, 0.3) is 0 Å². The zero-order valence-electron chi connectivity index (χ0n) is 18.3. The van der Waals surface area contributed by atoms with Crippen molar-refractivity contribution in [2.75, 3.05) is 13.6 Å². The van der Waals surface area contributed by atoms with Gasteiger partial charge in [-0.1, -0.05) is 37.3 Å². The van der Waals surface area contributed by atoms with Gasteiger partial charge in [-0.05, 0) is 42.2 Å². The zero-order valence-corrected chi connectivity index (χ0v) is 19.1. The van der Waals surface area contributed by atoms with Gasteiger partial charge in [-0.15, -0.1) is 0 Å². The van der Waals surface area contributed by atoms with Gasteiger partial charge in [0.2, 0.25) is 10.0 Å². The van der Waals surface area contributed by atoms with E-state index in [4.69, 9.17) is 5.26 Å². The molecule has 0 amide bonds. The number of benzene rings is 2. The fourth-order valence-corrected chi connectivity index (χ4v) is 5.26. The first kappa shape index (κ1) is 24.0. The number of carbonyl (C=O) groups is 1. The average Bonchev–Trinajstić information content (AvgIpc) is 3.10. The van der Waals surface area contributed by atoms with E-state index in [1.807, 2.05) is 25.1 Å². The number of hydrogen-bond donors (Lipinski definition) is 2. The molecule has 33 heavy (non-hydrogen) atoms. The van der Waals surface area contributed by atoms with Crippen LogP contribution in [0, 0.1) is 22.7 Å². The van der Waals surface area contributed by atoms with Gasteiger partial charge < -0.3 is 10.0 Å². The molecule has 3 rings (SSSR count). The molecule has 1 aliphatic heterocycles. The third kappa shape index (κ3) is 4.90. The molecule has 0 saturated carbocycles. The number of hydrogen-bond acceptors (Lipinski definition) is 6. The number of nitriles is 2. The molecule has 2 atom stereocenters. The molecule has 0 bridgehead atoms. The molecule has 0 spiro atoms. The molecule has 2 aromatic rings. The van der Waals surface area contributed by atoms with Crippen LogP contribution in [0.4, 0.5) is 0 Å². The van der Waals surface area contributed by atoms with E-state index in [0.29, 0.717) is 18.4 Å². The lowest BCUT2D eigenvalue weighted by molar-refractivity contribution is -0.142. The van der Waals surface area contributed by atoms with Gasteiger partial charge in [-0.3, -0.25) is 0 Å². The zero-order chi connectivity index (χ0) is 24.2. The summed E-state index contributed by atoms with van der Waals surface area (Å²) >= 11 is 0. The van der Waals surface area contributed by atoms with E-state index in [0.717, 1.165) is 16.8 Å². The second kappa shape index (κ2) is 9.86. The summed E-state index contributed by atoms with van der Waals surface area (Å²) in [4.78, 5) is 13.6. The lowest BCUT2D eigenvalue weighted by Crippen LogP contribution is -2.37. The molecular weight excluding hydrogens is 440 g/mol. The Bertz CT molecular complexity index is 1270. The number of aliphatic carboxylic acids is 1. The van der Waals surface area contributed by atoms with Crippen molar-refractivity contribution in [1.82, 2.24) is 9.62 Å². The van der Waals surface area contributed by atoms with Crippen molar-refractivity contribution in [3.05, 3.63) is 76.5 Å². The molecule has 2 unspecified atom stereocenters. The van der Waals surface area contributed by atoms with E-state index in [9.17, 15) is 23.6 Å². The van der Waals surface area contributed by atoms with Gasteiger partial charge in [-0.2, -0.15) is 10.5 Å². The number of carboxylic acid groups (broad SMARTS) is 1. The predicted octanol–water partition coefficient (Wildman–Crippen LogP) is 2.75. The highest BCUT2D eigenvalue weighted by Crippen LogP contribution is 2.41. The Morgan fingerprint density at radius 2 is 1.85 bits per heavy atom. The number of sulfonamides is 1. The fourth-order valence-electron chi connectivity index (χ4n) is 4.19. The smallest absolute Gasteiger partial charge is 0.327 e. The molecule has 8 nitrogen and oxygen atoms in total. The van der Waals surface area contributed by atoms with E-state index < -0.39 is 28.0 Å². The highest BCUT2D eigenvalue weighted by molar-refractivity contribution is 7.89. The number of nitrogens with zero attached hydrogens (tertiary/aromatic N) is 3. The Morgan fingerprint density at radius 1 is 1.15 bits per heavy atom. The van der Waals surface area contributed by atoms with Crippen molar-refractivity contribution in [3.63, 3.8) is 0 Å². The molecule has 2 N–H and O–H groups in total. The number of carboxylic acids is 1. The standard InChI is InChI=1S/C24H24N4O4S/c1-3-21-20(15-26)22(23(24(29)30)28(21)2)18-9-7-16(8-10-18)11-12-27-33(31,32)19-6-4-5-17(13-19)14-25/h4-10,13,22-23,27H,3,11-12H2,1-2H3,(H,29,30). The minimum absolute atomic E-state index is 0.0320. The second-order valence-corrected chi connectivity index (χ2v) is 9.49. The molecule has 0 aromatic heterocycles. The van der Waals surface area contributed by atoms with Crippen molar-refractivity contribution in [3.8, 4) is 12.1 Å². The van der Waals surface area contributed by atoms with Crippen LogP contribution in [0.5, 0.6) is 0 Å². The minimum Gasteiger partial charge on any atom is -0.480 e. The Hall–Kier alpha value is -3.66. The minimum atomic E-state index is -3.74. The van der Waals surface area contributed by atoms with E-state index >= 15 is 0 Å². The molecule has 1 heterocycles. The second-order valence-electron chi connectivity index (χ2n) is 7.73. The highest BCUT2D eigenvalue weighted by atomic mass is 32.2. The molecular formula is C24H24N4O4S. The summed E-state index contributed by atoms with van der Waals surface area (Å²) < 4.78 is 27.5. The van der Waals surface area contributed by atoms with Crippen LogP contribution in [0.2, 0.25) is 0 Å². The van der Waals surface area contributed by atoms with Crippen LogP contribution < -0.4 is 4.72 Å². The predicted molar refractivity (Wildman–Crippen MR) is 121 cm³/mol. The van der Waals surface area contributed by atoms with Gasteiger partial charge in [0, 0.05) is 19.3 Å². The van der Waals surface area contributed by atoms with Crippen LogP contribution in [0.3, 0.4) is 0 Å². The number of nitrogens with one attached hydrogen (secondary N) is 1. The normalized spacial score (nSPS) is 18.1.